The lowest BCUT2D eigenvalue weighted by Gasteiger charge is -2.20. The van der Waals surface area contributed by atoms with Crippen LogP contribution in [0.3, 0.4) is 0 Å². The topological polar surface area (TPSA) is 66.4 Å². The average Bonchev–Trinajstić information content (AvgIpc) is 2.14. The van der Waals surface area contributed by atoms with Crippen molar-refractivity contribution in [1.82, 2.24) is 0 Å². The number of aromatic carboxylic acids is 1. The zero-order valence-electron chi connectivity index (χ0n) is 9.74. The molecule has 0 spiro atoms. The number of benzene rings is 1. The molecule has 0 aliphatic carbocycles. The molecular weight excluding hydrogens is 244 g/mol. The van der Waals surface area contributed by atoms with Crippen LogP contribution in [0.25, 0.3) is 0 Å². The van der Waals surface area contributed by atoms with E-state index in [4.69, 9.17) is 16.3 Å². The average molecular weight is 256 g/mol. The summed E-state index contributed by atoms with van der Waals surface area (Å²) in [5, 5.41) is 10.8. The van der Waals surface area contributed by atoms with E-state index in [0.29, 0.717) is 0 Å². The second kappa shape index (κ2) is 4.75. The summed E-state index contributed by atoms with van der Waals surface area (Å²) >= 11 is 5.81. The van der Waals surface area contributed by atoms with Crippen molar-refractivity contribution in [1.29, 1.82) is 0 Å². The van der Waals surface area contributed by atoms with Crippen LogP contribution in [0, 0.1) is 0 Å². The third-order valence-electron chi connectivity index (χ3n) is 1.82. The number of carboxylic acid groups (broad SMARTS) is 1. The predicted octanol–water partition coefficient (Wildman–Crippen LogP) is 1.66. The number of carboxylic acids is 1. The number of ether oxygens (including phenoxy) is 1. The molecule has 0 saturated heterocycles. The maximum Gasteiger partial charge on any atom is 0.340 e. The van der Waals surface area contributed by atoms with Crippen LogP contribution >= 0.6 is 11.6 Å². The molecule has 0 atom stereocenters. The molecule has 0 amide bonds. The van der Waals surface area contributed by atoms with Gasteiger partial charge in [0.25, 0.3) is 0 Å². The van der Waals surface area contributed by atoms with Crippen LogP contribution < -0.4 is 5.11 Å². The molecule has 0 aromatic heterocycles. The Morgan fingerprint density at radius 3 is 2.35 bits per heavy atom. The Labute approximate surface area is 104 Å². The zero-order valence-corrected chi connectivity index (χ0v) is 10.5. The van der Waals surface area contributed by atoms with Gasteiger partial charge in [-0.15, -0.1) is 0 Å². The van der Waals surface area contributed by atoms with E-state index in [9.17, 15) is 14.7 Å². The first kappa shape index (κ1) is 13.5. The standard InChI is InChI=1S/C12H13ClO4/c1-12(2,3)17-11(16)8-6-7(10(14)15)4-5-9(8)13/h4-6H,1-3H3,(H,14,15)/p-1. The van der Waals surface area contributed by atoms with Crippen molar-refractivity contribution in [2.75, 3.05) is 0 Å². The summed E-state index contributed by atoms with van der Waals surface area (Å²) in [5.41, 5.74) is -0.767. The highest BCUT2D eigenvalue weighted by Gasteiger charge is 2.20. The first-order chi connectivity index (χ1) is 7.70. The Morgan fingerprint density at radius 2 is 1.88 bits per heavy atom. The van der Waals surface area contributed by atoms with Crippen LogP contribution in [0.2, 0.25) is 5.02 Å². The Kier molecular flexibility index (Phi) is 3.78. The summed E-state index contributed by atoms with van der Waals surface area (Å²) in [7, 11) is 0. The van der Waals surface area contributed by atoms with Crippen molar-refractivity contribution < 1.29 is 19.4 Å². The summed E-state index contributed by atoms with van der Waals surface area (Å²) in [6.45, 7) is 5.13. The van der Waals surface area contributed by atoms with E-state index < -0.39 is 17.5 Å². The molecule has 92 valence electrons. The highest BCUT2D eigenvalue weighted by Crippen LogP contribution is 2.21. The second-order valence-electron chi connectivity index (χ2n) is 4.48. The molecule has 1 rings (SSSR count). The molecule has 0 aliphatic rings. The molecule has 0 aliphatic heterocycles. The fourth-order valence-electron chi connectivity index (χ4n) is 1.14. The molecule has 1 aromatic rings. The molecule has 0 N–H and O–H groups in total. The first-order valence-electron chi connectivity index (χ1n) is 4.95. The number of hydrogen-bond donors (Lipinski definition) is 0. The Hall–Kier alpha value is -1.55. The quantitative estimate of drug-likeness (QED) is 0.754. The molecule has 4 nitrogen and oxygen atoms in total. The molecule has 0 heterocycles. The molecule has 5 heteroatoms. The van der Waals surface area contributed by atoms with Crippen molar-refractivity contribution >= 4 is 23.5 Å². The Bertz CT molecular complexity index is 460. The van der Waals surface area contributed by atoms with Crippen LogP contribution in [0.1, 0.15) is 41.5 Å². The molecule has 0 radical (unpaired) electrons. The first-order valence-corrected chi connectivity index (χ1v) is 5.33. The fraction of sp³-hybridized carbons (Fsp3) is 0.333. The van der Waals surface area contributed by atoms with Crippen molar-refractivity contribution in [3.05, 3.63) is 34.3 Å². The Balaban J connectivity index is 3.08. The van der Waals surface area contributed by atoms with Crippen LogP contribution in [-0.4, -0.2) is 17.5 Å². The minimum absolute atomic E-state index is 0.0169. The van der Waals surface area contributed by atoms with Crippen LogP contribution in [-0.2, 0) is 4.74 Å². The van der Waals surface area contributed by atoms with E-state index >= 15 is 0 Å². The number of rotatable bonds is 2. The third-order valence-corrected chi connectivity index (χ3v) is 2.15. The maximum atomic E-state index is 11.7. The van der Waals surface area contributed by atoms with Gasteiger partial charge in [0.1, 0.15) is 5.60 Å². The third kappa shape index (κ3) is 3.75. The number of carbonyl (C=O) groups is 2. The van der Waals surface area contributed by atoms with Gasteiger partial charge in [0, 0.05) is 0 Å². The summed E-state index contributed by atoms with van der Waals surface area (Å²) in [5.74, 6) is -2.03. The largest absolute Gasteiger partial charge is 0.545 e. The summed E-state index contributed by atoms with van der Waals surface area (Å²) in [6.07, 6.45) is 0. The molecular formula is C12H12ClO4-. The van der Waals surface area contributed by atoms with Crippen LogP contribution in [0.15, 0.2) is 18.2 Å². The van der Waals surface area contributed by atoms with Crippen LogP contribution in [0.4, 0.5) is 0 Å². The minimum Gasteiger partial charge on any atom is -0.545 e. The van der Waals surface area contributed by atoms with Gasteiger partial charge in [-0.05, 0) is 38.5 Å². The molecule has 0 saturated carbocycles. The lowest BCUT2D eigenvalue weighted by atomic mass is 10.1. The smallest absolute Gasteiger partial charge is 0.340 e. The lowest BCUT2D eigenvalue weighted by molar-refractivity contribution is -0.255. The molecule has 0 fully saturated rings. The van der Waals surface area contributed by atoms with Gasteiger partial charge in [-0.1, -0.05) is 17.7 Å². The predicted molar refractivity (Wildman–Crippen MR) is 61.0 cm³/mol. The molecule has 0 bridgehead atoms. The summed E-state index contributed by atoms with van der Waals surface area (Å²) in [6, 6.07) is 3.74. The highest BCUT2D eigenvalue weighted by molar-refractivity contribution is 6.33. The van der Waals surface area contributed by atoms with E-state index in [1.807, 2.05) is 0 Å². The zero-order chi connectivity index (χ0) is 13.2. The highest BCUT2D eigenvalue weighted by atomic mass is 35.5. The van der Waals surface area contributed by atoms with Gasteiger partial charge in [-0.3, -0.25) is 0 Å². The van der Waals surface area contributed by atoms with Gasteiger partial charge in [0.15, 0.2) is 0 Å². The van der Waals surface area contributed by atoms with Gasteiger partial charge in [0.05, 0.1) is 16.6 Å². The number of carbonyl (C=O) groups excluding carboxylic acids is 2. The monoisotopic (exact) mass is 255 g/mol. The minimum atomic E-state index is -1.37. The molecule has 17 heavy (non-hydrogen) atoms. The second-order valence-corrected chi connectivity index (χ2v) is 4.89. The van der Waals surface area contributed by atoms with Gasteiger partial charge < -0.3 is 14.6 Å². The van der Waals surface area contributed by atoms with Gasteiger partial charge >= 0.3 is 5.97 Å². The van der Waals surface area contributed by atoms with E-state index in [0.717, 1.165) is 6.07 Å². The van der Waals surface area contributed by atoms with Crippen molar-refractivity contribution in [3.8, 4) is 0 Å². The SMILES string of the molecule is CC(C)(C)OC(=O)c1cc(C(=O)[O-])ccc1Cl. The number of esters is 1. The van der Waals surface area contributed by atoms with Crippen molar-refractivity contribution in [2.45, 2.75) is 26.4 Å². The Morgan fingerprint density at radius 1 is 1.29 bits per heavy atom. The number of hydrogen-bond acceptors (Lipinski definition) is 4. The van der Waals surface area contributed by atoms with E-state index in [1.165, 1.54) is 12.1 Å². The van der Waals surface area contributed by atoms with Gasteiger partial charge in [-0.2, -0.15) is 0 Å². The summed E-state index contributed by atoms with van der Waals surface area (Å²) in [4.78, 5) is 22.4. The van der Waals surface area contributed by atoms with Crippen molar-refractivity contribution in [2.24, 2.45) is 0 Å². The molecule has 1 aromatic carbocycles. The fourth-order valence-corrected chi connectivity index (χ4v) is 1.34. The summed E-state index contributed by atoms with van der Waals surface area (Å²) < 4.78 is 5.10. The van der Waals surface area contributed by atoms with Crippen LogP contribution in [0.5, 0.6) is 0 Å². The maximum absolute atomic E-state index is 11.7. The number of halogens is 1. The molecule has 0 unspecified atom stereocenters. The van der Waals surface area contributed by atoms with Gasteiger partial charge in [-0.25, -0.2) is 4.79 Å². The lowest BCUT2D eigenvalue weighted by Crippen LogP contribution is -2.25. The normalized spacial score (nSPS) is 11.1. The van der Waals surface area contributed by atoms with Gasteiger partial charge in [0.2, 0.25) is 0 Å². The van der Waals surface area contributed by atoms with Crippen molar-refractivity contribution in [3.63, 3.8) is 0 Å². The van der Waals surface area contributed by atoms with E-state index in [1.54, 1.807) is 20.8 Å². The van der Waals surface area contributed by atoms with E-state index in [2.05, 4.69) is 0 Å². The van der Waals surface area contributed by atoms with E-state index in [-0.39, 0.29) is 16.1 Å².